The molecule has 1 aromatic carbocycles. The molecule has 0 saturated carbocycles. The molecule has 0 aliphatic heterocycles. The van der Waals surface area contributed by atoms with Crippen LogP contribution in [0.3, 0.4) is 0 Å². The number of benzene rings is 1. The van der Waals surface area contributed by atoms with Gasteiger partial charge in [0.15, 0.2) is 21.9 Å². The molecule has 0 bridgehead atoms. The van der Waals surface area contributed by atoms with E-state index >= 15 is 0 Å². The highest BCUT2D eigenvalue weighted by molar-refractivity contribution is 6.34. The fourth-order valence-electron chi connectivity index (χ4n) is 1.45. The molecule has 1 heterocycles. The van der Waals surface area contributed by atoms with Gasteiger partial charge in [0.05, 0.1) is 12.7 Å². The Morgan fingerprint density at radius 3 is 2.75 bits per heavy atom. The van der Waals surface area contributed by atoms with Crippen LogP contribution in [0.25, 0.3) is 0 Å². The average Bonchev–Trinajstić information content (AvgIpc) is 2.43. The molecule has 8 heteroatoms. The van der Waals surface area contributed by atoms with Gasteiger partial charge in [-0.15, -0.1) is 10.2 Å². The first-order chi connectivity index (χ1) is 9.51. The molecule has 0 spiro atoms. The van der Waals surface area contributed by atoms with Gasteiger partial charge in [0, 0.05) is 11.8 Å². The Hall–Kier alpha value is -1.92. The van der Waals surface area contributed by atoms with Crippen LogP contribution < -0.4 is 10.1 Å². The van der Waals surface area contributed by atoms with Gasteiger partial charge in [-0.3, -0.25) is 4.79 Å². The fourth-order valence-corrected chi connectivity index (χ4v) is 1.77. The third-order valence-corrected chi connectivity index (χ3v) is 2.84. The second-order valence-electron chi connectivity index (χ2n) is 3.67. The summed E-state index contributed by atoms with van der Waals surface area (Å²) in [6.07, 6.45) is 0. The number of hydrogen-bond donors (Lipinski definition) is 1. The molecule has 0 atom stereocenters. The van der Waals surface area contributed by atoms with Crippen molar-refractivity contribution in [2.75, 3.05) is 12.4 Å². The van der Waals surface area contributed by atoms with E-state index in [1.54, 1.807) is 0 Å². The summed E-state index contributed by atoms with van der Waals surface area (Å²) >= 11 is 11.4. The summed E-state index contributed by atoms with van der Waals surface area (Å²) in [6.45, 7) is 0. The van der Waals surface area contributed by atoms with Gasteiger partial charge in [0.25, 0.3) is 5.91 Å². The molecule has 0 unspecified atom stereocenters. The summed E-state index contributed by atoms with van der Waals surface area (Å²) in [5, 5.41) is 9.52. The van der Waals surface area contributed by atoms with E-state index in [2.05, 4.69) is 15.5 Å². The van der Waals surface area contributed by atoms with E-state index in [4.69, 9.17) is 27.9 Å². The Morgan fingerprint density at radius 1 is 1.30 bits per heavy atom. The molecular formula is C12H8Cl2FN3O2. The van der Waals surface area contributed by atoms with Crippen molar-refractivity contribution in [2.24, 2.45) is 0 Å². The maximum atomic E-state index is 13.3. The molecule has 0 radical (unpaired) electrons. The summed E-state index contributed by atoms with van der Waals surface area (Å²) < 4.78 is 18.1. The van der Waals surface area contributed by atoms with Gasteiger partial charge in [0.1, 0.15) is 0 Å². The minimum absolute atomic E-state index is 0.0137. The van der Waals surface area contributed by atoms with Crippen molar-refractivity contribution >= 4 is 34.8 Å². The van der Waals surface area contributed by atoms with Gasteiger partial charge in [0.2, 0.25) is 0 Å². The Labute approximate surface area is 123 Å². The predicted molar refractivity (Wildman–Crippen MR) is 73.0 cm³/mol. The van der Waals surface area contributed by atoms with Gasteiger partial charge >= 0.3 is 0 Å². The number of hydrogen-bond acceptors (Lipinski definition) is 4. The molecule has 1 N–H and O–H groups in total. The van der Waals surface area contributed by atoms with Crippen molar-refractivity contribution in [3.63, 3.8) is 0 Å². The highest BCUT2D eigenvalue weighted by Gasteiger charge is 2.14. The number of halogens is 3. The number of nitrogens with one attached hydrogen (secondary N) is 1. The Morgan fingerprint density at radius 2 is 2.05 bits per heavy atom. The molecular weight excluding hydrogens is 308 g/mol. The Kier molecular flexibility index (Phi) is 4.36. The lowest BCUT2D eigenvalue weighted by Crippen LogP contribution is -2.13. The van der Waals surface area contributed by atoms with Crippen LogP contribution in [0.5, 0.6) is 5.75 Å². The SMILES string of the molecule is COc1cc(NC(=O)c2cc(Cl)nnc2Cl)ccc1F. The average molecular weight is 316 g/mol. The zero-order valence-electron chi connectivity index (χ0n) is 10.2. The molecule has 0 aliphatic carbocycles. The van der Waals surface area contributed by atoms with Gasteiger partial charge in [-0.2, -0.15) is 0 Å². The summed E-state index contributed by atoms with van der Waals surface area (Å²) in [4.78, 5) is 12.0. The quantitative estimate of drug-likeness (QED) is 0.944. The topological polar surface area (TPSA) is 64.1 Å². The molecule has 0 aliphatic rings. The second-order valence-corrected chi connectivity index (χ2v) is 4.42. The molecule has 5 nitrogen and oxygen atoms in total. The van der Waals surface area contributed by atoms with E-state index in [1.165, 1.54) is 31.4 Å². The van der Waals surface area contributed by atoms with E-state index in [1.807, 2.05) is 0 Å². The first-order valence-corrected chi connectivity index (χ1v) is 6.10. The van der Waals surface area contributed by atoms with Crippen molar-refractivity contribution in [3.05, 3.63) is 46.0 Å². The van der Waals surface area contributed by atoms with E-state index in [9.17, 15) is 9.18 Å². The number of anilines is 1. The second kappa shape index (κ2) is 6.02. The number of rotatable bonds is 3. The van der Waals surface area contributed by atoms with Crippen LogP contribution >= 0.6 is 23.2 Å². The third-order valence-electron chi connectivity index (χ3n) is 2.37. The van der Waals surface area contributed by atoms with Crippen LogP contribution in [0.4, 0.5) is 10.1 Å². The van der Waals surface area contributed by atoms with Crippen LogP contribution in [-0.4, -0.2) is 23.2 Å². The molecule has 1 aromatic heterocycles. The zero-order chi connectivity index (χ0) is 14.7. The minimum Gasteiger partial charge on any atom is -0.494 e. The Balaban J connectivity index is 2.25. The molecule has 104 valence electrons. The van der Waals surface area contributed by atoms with Crippen molar-refractivity contribution in [1.82, 2.24) is 10.2 Å². The lowest BCUT2D eigenvalue weighted by molar-refractivity contribution is 0.102. The highest BCUT2D eigenvalue weighted by atomic mass is 35.5. The van der Waals surface area contributed by atoms with Crippen molar-refractivity contribution in [3.8, 4) is 5.75 Å². The summed E-state index contributed by atoms with van der Waals surface area (Å²) in [6, 6.07) is 5.19. The monoisotopic (exact) mass is 315 g/mol. The summed E-state index contributed by atoms with van der Waals surface area (Å²) in [7, 11) is 1.33. The number of nitrogens with zero attached hydrogens (tertiary/aromatic N) is 2. The maximum absolute atomic E-state index is 13.3. The number of aromatic nitrogens is 2. The molecule has 0 saturated heterocycles. The molecule has 2 rings (SSSR count). The summed E-state index contributed by atoms with van der Waals surface area (Å²) in [5.41, 5.74) is 0.409. The molecule has 1 amide bonds. The summed E-state index contributed by atoms with van der Waals surface area (Å²) in [5.74, 6) is -1.06. The van der Waals surface area contributed by atoms with Gasteiger partial charge < -0.3 is 10.1 Å². The van der Waals surface area contributed by atoms with Crippen molar-refractivity contribution in [1.29, 1.82) is 0 Å². The van der Waals surface area contributed by atoms with Crippen molar-refractivity contribution in [2.45, 2.75) is 0 Å². The van der Waals surface area contributed by atoms with Gasteiger partial charge in [-0.05, 0) is 18.2 Å². The van der Waals surface area contributed by atoms with E-state index in [-0.39, 0.29) is 21.6 Å². The number of amides is 1. The fraction of sp³-hybridized carbons (Fsp3) is 0.0833. The standard InChI is InChI=1S/C12H8Cl2FN3O2/c1-20-9-4-6(2-3-8(9)15)16-12(19)7-5-10(13)17-18-11(7)14/h2-5H,1H3,(H,16,19). The van der Waals surface area contributed by atoms with Crippen LogP contribution in [0.2, 0.25) is 10.3 Å². The van der Waals surface area contributed by atoms with Crippen LogP contribution in [-0.2, 0) is 0 Å². The third kappa shape index (κ3) is 3.15. The van der Waals surface area contributed by atoms with E-state index in [0.29, 0.717) is 5.69 Å². The van der Waals surface area contributed by atoms with E-state index < -0.39 is 11.7 Å². The first kappa shape index (κ1) is 14.5. The van der Waals surface area contributed by atoms with E-state index in [0.717, 1.165) is 0 Å². The first-order valence-electron chi connectivity index (χ1n) is 5.35. The van der Waals surface area contributed by atoms with Gasteiger partial charge in [-0.1, -0.05) is 23.2 Å². The lowest BCUT2D eigenvalue weighted by Gasteiger charge is -2.08. The predicted octanol–water partition coefficient (Wildman–Crippen LogP) is 3.18. The lowest BCUT2D eigenvalue weighted by atomic mass is 10.2. The highest BCUT2D eigenvalue weighted by Crippen LogP contribution is 2.23. The van der Waals surface area contributed by atoms with Crippen LogP contribution in [0, 0.1) is 5.82 Å². The number of methoxy groups -OCH3 is 1. The minimum atomic E-state index is -0.541. The molecule has 2 aromatic rings. The van der Waals surface area contributed by atoms with Crippen molar-refractivity contribution < 1.29 is 13.9 Å². The normalized spacial score (nSPS) is 10.2. The molecule has 20 heavy (non-hydrogen) atoms. The molecule has 0 fully saturated rings. The van der Waals surface area contributed by atoms with Crippen LogP contribution in [0.15, 0.2) is 24.3 Å². The zero-order valence-corrected chi connectivity index (χ0v) is 11.7. The van der Waals surface area contributed by atoms with Crippen LogP contribution in [0.1, 0.15) is 10.4 Å². The number of ether oxygens (including phenoxy) is 1. The largest absolute Gasteiger partial charge is 0.494 e. The van der Waals surface area contributed by atoms with Gasteiger partial charge in [-0.25, -0.2) is 4.39 Å². The smallest absolute Gasteiger partial charge is 0.258 e. The Bertz CT molecular complexity index is 667. The number of carbonyl (C=O) groups is 1. The maximum Gasteiger partial charge on any atom is 0.258 e. The number of carbonyl (C=O) groups excluding carboxylic acids is 1.